The Morgan fingerprint density at radius 3 is 2.07 bits per heavy atom. The fourth-order valence-corrected chi connectivity index (χ4v) is 0.949. The lowest BCUT2D eigenvalue weighted by Gasteiger charge is -2.38. The number of aliphatic hydroxyl groups is 1. The van der Waals surface area contributed by atoms with Gasteiger partial charge in [-0.15, -0.1) is 0 Å². The van der Waals surface area contributed by atoms with Gasteiger partial charge < -0.3 is 10.4 Å². The molecule has 78 valence electrons. The molecule has 0 aliphatic heterocycles. The van der Waals surface area contributed by atoms with Crippen molar-refractivity contribution in [3.8, 4) is 0 Å². The Hall–Kier alpha value is -1.09. The van der Waals surface area contributed by atoms with Gasteiger partial charge in [0.2, 0.25) is 0 Å². The van der Waals surface area contributed by atoms with Gasteiger partial charge in [-0.3, -0.25) is 4.98 Å². The molecule has 1 aromatic rings. The zero-order valence-electron chi connectivity index (χ0n) is 9.20. The lowest BCUT2D eigenvalue weighted by molar-refractivity contribution is 0.0240. The van der Waals surface area contributed by atoms with Crippen LogP contribution in [0, 0.1) is 0 Å². The molecule has 0 unspecified atom stereocenters. The van der Waals surface area contributed by atoms with Crippen molar-refractivity contribution < 1.29 is 5.11 Å². The summed E-state index contributed by atoms with van der Waals surface area (Å²) in [6, 6.07) is 3.76. The van der Waals surface area contributed by atoms with Gasteiger partial charge in [-0.25, -0.2) is 0 Å². The van der Waals surface area contributed by atoms with Crippen LogP contribution in [0.25, 0.3) is 0 Å². The van der Waals surface area contributed by atoms with E-state index in [-0.39, 0.29) is 5.54 Å². The molecule has 0 fully saturated rings. The number of pyridine rings is 1. The molecule has 0 saturated heterocycles. The summed E-state index contributed by atoms with van der Waals surface area (Å²) in [6.45, 7) is 7.52. The van der Waals surface area contributed by atoms with Crippen LogP contribution in [0.4, 0.5) is 5.69 Å². The SMILES string of the molecule is CC(C)(O)C(C)(C)Nc1ccncc1. The van der Waals surface area contributed by atoms with Gasteiger partial charge in [0.15, 0.2) is 0 Å². The van der Waals surface area contributed by atoms with E-state index in [9.17, 15) is 5.11 Å². The number of rotatable bonds is 3. The van der Waals surface area contributed by atoms with Crippen LogP contribution in [0.5, 0.6) is 0 Å². The Labute approximate surface area is 85.2 Å². The number of aromatic nitrogens is 1. The maximum Gasteiger partial charge on any atom is 0.0814 e. The molecule has 0 amide bonds. The van der Waals surface area contributed by atoms with Gasteiger partial charge in [0.1, 0.15) is 0 Å². The first-order valence-corrected chi connectivity index (χ1v) is 4.73. The zero-order chi connectivity index (χ0) is 10.8. The summed E-state index contributed by atoms with van der Waals surface area (Å²) in [5.74, 6) is 0. The summed E-state index contributed by atoms with van der Waals surface area (Å²) >= 11 is 0. The molecule has 1 aromatic heterocycles. The topological polar surface area (TPSA) is 45.1 Å². The molecule has 0 spiro atoms. The van der Waals surface area contributed by atoms with Crippen LogP contribution in [-0.2, 0) is 0 Å². The van der Waals surface area contributed by atoms with E-state index < -0.39 is 5.60 Å². The summed E-state index contributed by atoms with van der Waals surface area (Å²) in [7, 11) is 0. The highest BCUT2D eigenvalue weighted by atomic mass is 16.3. The van der Waals surface area contributed by atoms with E-state index >= 15 is 0 Å². The average Bonchev–Trinajstić information content (AvgIpc) is 2.03. The summed E-state index contributed by atoms with van der Waals surface area (Å²) in [4.78, 5) is 3.94. The summed E-state index contributed by atoms with van der Waals surface area (Å²) in [5, 5.41) is 13.2. The van der Waals surface area contributed by atoms with Crippen molar-refractivity contribution in [1.82, 2.24) is 4.98 Å². The number of nitrogens with zero attached hydrogens (tertiary/aromatic N) is 1. The molecule has 2 N–H and O–H groups in total. The molecular formula is C11H18N2O. The standard InChI is InChI=1S/C11H18N2O/c1-10(2,11(3,4)14)13-9-5-7-12-8-6-9/h5-8,14H,1-4H3,(H,12,13). The number of nitrogens with one attached hydrogen (secondary N) is 1. The predicted octanol–water partition coefficient (Wildman–Crippen LogP) is 2.04. The molecule has 0 atom stereocenters. The molecule has 1 heterocycles. The Bertz CT molecular complexity index is 288. The lowest BCUT2D eigenvalue weighted by atomic mass is 9.86. The van der Waals surface area contributed by atoms with Crippen molar-refractivity contribution in [1.29, 1.82) is 0 Å². The molecule has 0 saturated carbocycles. The normalized spacial score (nSPS) is 12.6. The third-order valence-corrected chi connectivity index (χ3v) is 2.67. The molecule has 14 heavy (non-hydrogen) atoms. The van der Waals surface area contributed by atoms with E-state index in [0.29, 0.717) is 0 Å². The van der Waals surface area contributed by atoms with E-state index in [4.69, 9.17) is 0 Å². The second-order valence-corrected chi connectivity index (χ2v) is 4.54. The first-order chi connectivity index (χ1) is 6.33. The van der Waals surface area contributed by atoms with Gasteiger partial charge >= 0.3 is 0 Å². The molecule has 1 rings (SSSR count). The second-order valence-electron chi connectivity index (χ2n) is 4.54. The van der Waals surface area contributed by atoms with Crippen molar-refractivity contribution in [2.75, 3.05) is 5.32 Å². The van der Waals surface area contributed by atoms with Crippen LogP contribution in [0.2, 0.25) is 0 Å². The quantitative estimate of drug-likeness (QED) is 0.774. The maximum absolute atomic E-state index is 9.93. The molecule has 0 aliphatic rings. The van der Waals surface area contributed by atoms with E-state index in [2.05, 4.69) is 10.3 Å². The Morgan fingerprint density at radius 1 is 1.14 bits per heavy atom. The largest absolute Gasteiger partial charge is 0.388 e. The maximum atomic E-state index is 9.93. The molecule has 0 aromatic carbocycles. The van der Waals surface area contributed by atoms with Gasteiger partial charge in [0, 0.05) is 18.1 Å². The van der Waals surface area contributed by atoms with Crippen molar-refractivity contribution in [3.05, 3.63) is 24.5 Å². The van der Waals surface area contributed by atoms with E-state index in [1.54, 1.807) is 26.2 Å². The van der Waals surface area contributed by atoms with Gasteiger partial charge in [0.05, 0.1) is 11.1 Å². The monoisotopic (exact) mass is 194 g/mol. The van der Waals surface area contributed by atoms with Crippen molar-refractivity contribution in [2.24, 2.45) is 0 Å². The number of hydrogen-bond acceptors (Lipinski definition) is 3. The third kappa shape index (κ3) is 2.45. The summed E-state index contributed by atoms with van der Waals surface area (Å²) in [6.07, 6.45) is 3.45. The van der Waals surface area contributed by atoms with Gasteiger partial charge in [-0.2, -0.15) is 0 Å². The fraction of sp³-hybridized carbons (Fsp3) is 0.545. The highest BCUT2D eigenvalue weighted by Gasteiger charge is 2.34. The first kappa shape index (κ1) is 11.0. The molecule has 0 aliphatic carbocycles. The minimum atomic E-state index is -0.781. The van der Waals surface area contributed by atoms with E-state index in [0.717, 1.165) is 5.69 Å². The minimum absolute atomic E-state index is 0.381. The fourth-order valence-electron chi connectivity index (χ4n) is 0.949. The van der Waals surface area contributed by atoms with Gasteiger partial charge in [0.25, 0.3) is 0 Å². The highest BCUT2D eigenvalue weighted by Crippen LogP contribution is 2.25. The Kier molecular flexibility index (Phi) is 2.81. The van der Waals surface area contributed by atoms with Gasteiger partial charge in [-0.1, -0.05) is 0 Å². The lowest BCUT2D eigenvalue weighted by Crippen LogP contribution is -2.51. The van der Waals surface area contributed by atoms with Crippen molar-refractivity contribution >= 4 is 5.69 Å². The summed E-state index contributed by atoms with van der Waals surface area (Å²) < 4.78 is 0. The second kappa shape index (κ2) is 3.58. The van der Waals surface area contributed by atoms with Crippen LogP contribution in [0.15, 0.2) is 24.5 Å². The van der Waals surface area contributed by atoms with Crippen LogP contribution in [0.1, 0.15) is 27.7 Å². The molecule has 3 heteroatoms. The third-order valence-electron chi connectivity index (χ3n) is 2.67. The van der Waals surface area contributed by atoms with Crippen molar-refractivity contribution in [2.45, 2.75) is 38.8 Å². The van der Waals surface area contributed by atoms with Crippen LogP contribution < -0.4 is 5.32 Å². The molecule has 3 nitrogen and oxygen atoms in total. The molecule has 0 radical (unpaired) electrons. The van der Waals surface area contributed by atoms with Crippen LogP contribution in [-0.4, -0.2) is 21.2 Å². The minimum Gasteiger partial charge on any atom is -0.388 e. The first-order valence-electron chi connectivity index (χ1n) is 4.73. The molecule has 0 bridgehead atoms. The Morgan fingerprint density at radius 2 is 1.64 bits per heavy atom. The Balaban J connectivity index is 2.79. The van der Waals surface area contributed by atoms with E-state index in [1.165, 1.54) is 0 Å². The predicted molar refractivity (Wildman–Crippen MR) is 58.2 cm³/mol. The smallest absolute Gasteiger partial charge is 0.0814 e. The number of hydrogen-bond donors (Lipinski definition) is 2. The molecular weight excluding hydrogens is 176 g/mol. The number of anilines is 1. The highest BCUT2D eigenvalue weighted by molar-refractivity contribution is 5.44. The van der Waals surface area contributed by atoms with Gasteiger partial charge in [-0.05, 0) is 39.8 Å². The van der Waals surface area contributed by atoms with E-state index in [1.807, 2.05) is 26.0 Å². The summed E-state index contributed by atoms with van der Waals surface area (Å²) in [5.41, 5.74) is -0.197. The van der Waals surface area contributed by atoms with Crippen molar-refractivity contribution in [3.63, 3.8) is 0 Å². The van der Waals surface area contributed by atoms with Crippen LogP contribution in [0.3, 0.4) is 0 Å². The zero-order valence-corrected chi connectivity index (χ0v) is 9.20. The van der Waals surface area contributed by atoms with Crippen LogP contribution >= 0.6 is 0 Å². The average molecular weight is 194 g/mol.